The molecule has 126 valence electrons. The van der Waals surface area contributed by atoms with Gasteiger partial charge in [-0.2, -0.15) is 0 Å². The van der Waals surface area contributed by atoms with Crippen molar-refractivity contribution in [2.24, 2.45) is 0 Å². The summed E-state index contributed by atoms with van der Waals surface area (Å²) in [6, 6.07) is 16.2. The summed E-state index contributed by atoms with van der Waals surface area (Å²) in [5.41, 5.74) is 2.34. The van der Waals surface area contributed by atoms with Crippen molar-refractivity contribution in [1.29, 1.82) is 0 Å². The van der Waals surface area contributed by atoms with E-state index in [1.54, 1.807) is 7.11 Å². The van der Waals surface area contributed by atoms with E-state index in [0.29, 0.717) is 0 Å². The van der Waals surface area contributed by atoms with Crippen LogP contribution in [-0.2, 0) is 0 Å². The summed E-state index contributed by atoms with van der Waals surface area (Å²) in [5, 5.41) is 0.801. The fraction of sp³-hybridized carbons (Fsp3) is 0.300. The summed E-state index contributed by atoms with van der Waals surface area (Å²) in [6.45, 7) is 5.14. The van der Waals surface area contributed by atoms with Crippen LogP contribution in [-0.4, -0.2) is 44.7 Å². The highest BCUT2D eigenvalue weighted by Crippen LogP contribution is 2.21. The first kappa shape index (κ1) is 16.9. The first-order chi connectivity index (χ1) is 11.8. The van der Waals surface area contributed by atoms with Crippen molar-refractivity contribution >= 4 is 23.4 Å². The van der Waals surface area contributed by atoms with E-state index in [1.165, 1.54) is 5.69 Å². The minimum Gasteiger partial charge on any atom is -0.496 e. The number of nitrogens with zero attached hydrogens (tertiary/aromatic N) is 2. The summed E-state index contributed by atoms with van der Waals surface area (Å²) in [6.07, 6.45) is 4.36. The van der Waals surface area contributed by atoms with Crippen LogP contribution in [0.15, 0.2) is 54.6 Å². The molecule has 1 fully saturated rings. The Kier molecular flexibility index (Phi) is 5.78. The van der Waals surface area contributed by atoms with Crippen LogP contribution in [0.3, 0.4) is 0 Å². The number of methoxy groups -OCH3 is 1. The van der Waals surface area contributed by atoms with Gasteiger partial charge in [-0.15, -0.1) is 0 Å². The summed E-state index contributed by atoms with van der Waals surface area (Å²) in [4.78, 5) is 4.86. The van der Waals surface area contributed by atoms with Gasteiger partial charge in [-0.3, -0.25) is 4.90 Å². The lowest BCUT2D eigenvalue weighted by Crippen LogP contribution is -2.46. The molecule has 0 unspecified atom stereocenters. The minimum absolute atomic E-state index is 0.801. The van der Waals surface area contributed by atoms with Crippen LogP contribution in [0.25, 0.3) is 6.08 Å². The van der Waals surface area contributed by atoms with Gasteiger partial charge in [-0.05, 0) is 24.3 Å². The molecule has 0 aromatic heterocycles. The molecule has 1 saturated heterocycles. The van der Waals surface area contributed by atoms with E-state index in [-0.39, 0.29) is 0 Å². The Labute approximate surface area is 149 Å². The van der Waals surface area contributed by atoms with Gasteiger partial charge in [0, 0.05) is 49.0 Å². The molecule has 2 aromatic rings. The quantitative estimate of drug-likeness (QED) is 0.810. The van der Waals surface area contributed by atoms with E-state index in [4.69, 9.17) is 16.3 Å². The van der Waals surface area contributed by atoms with E-state index in [2.05, 4.69) is 34.1 Å². The Morgan fingerprint density at radius 3 is 2.58 bits per heavy atom. The molecule has 0 amide bonds. The Morgan fingerprint density at radius 2 is 1.83 bits per heavy atom. The highest BCUT2D eigenvalue weighted by Gasteiger charge is 2.16. The maximum absolute atomic E-state index is 6.09. The lowest BCUT2D eigenvalue weighted by Gasteiger charge is -2.35. The number of ether oxygens (including phenoxy) is 1. The third-order valence-corrected chi connectivity index (χ3v) is 4.58. The third kappa shape index (κ3) is 4.31. The van der Waals surface area contributed by atoms with E-state index in [0.717, 1.165) is 49.1 Å². The van der Waals surface area contributed by atoms with Gasteiger partial charge in [0.15, 0.2) is 0 Å². The van der Waals surface area contributed by atoms with Gasteiger partial charge in [-0.25, -0.2) is 0 Å². The van der Waals surface area contributed by atoms with Crippen molar-refractivity contribution in [3.05, 3.63) is 65.2 Å². The molecule has 2 aromatic carbocycles. The zero-order chi connectivity index (χ0) is 16.8. The van der Waals surface area contributed by atoms with Gasteiger partial charge in [0.05, 0.1) is 7.11 Å². The fourth-order valence-corrected chi connectivity index (χ4v) is 3.18. The number of rotatable bonds is 5. The van der Waals surface area contributed by atoms with Crippen molar-refractivity contribution in [3.8, 4) is 5.75 Å². The fourth-order valence-electron chi connectivity index (χ4n) is 2.99. The third-order valence-electron chi connectivity index (χ3n) is 4.35. The average molecular weight is 343 g/mol. The van der Waals surface area contributed by atoms with Crippen LogP contribution in [0.2, 0.25) is 5.02 Å². The van der Waals surface area contributed by atoms with E-state index in [1.807, 2.05) is 36.4 Å². The molecule has 0 saturated carbocycles. The Hall–Kier alpha value is -1.97. The van der Waals surface area contributed by atoms with Crippen molar-refractivity contribution in [1.82, 2.24) is 4.90 Å². The number of benzene rings is 2. The molecular formula is C20H23ClN2O. The number of hydrogen-bond acceptors (Lipinski definition) is 3. The molecular weight excluding hydrogens is 320 g/mol. The predicted octanol–water partition coefficient (Wildman–Crippen LogP) is 4.18. The largest absolute Gasteiger partial charge is 0.496 e. The maximum Gasteiger partial charge on any atom is 0.126 e. The molecule has 3 nitrogen and oxygen atoms in total. The van der Waals surface area contributed by atoms with Crippen molar-refractivity contribution in [3.63, 3.8) is 0 Å². The molecule has 0 spiro atoms. The zero-order valence-electron chi connectivity index (χ0n) is 14.0. The second kappa shape index (κ2) is 8.22. The van der Waals surface area contributed by atoms with Crippen LogP contribution in [0.1, 0.15) is 5.56 Å². The molecule has 3 rings (SSSR count). The van der Waals surface area contributed by atoms with E-state index < -0.39 is 0 Å². The van der Waals surface area contributed by atoms with Gasteiger partial charge in [-0.1, -0.05) is 48.0 Å². The highest BCUT2D eigenvalue weighted by molar-refractivity contribution is 6.30. The minimum atomic E-state index is 0.801. The Balaban J connectivity index is 1.51. The van der Waals surface area contributed by atoms with Crippen LogP contribution in [0.4, 0.5) is 5.69 Å². The summed E-state index contributed by atoms with van der Waals surface area (Å²) in [5.74, 6) is 0.916. The lowest BCUT2D eigenvalue weighted by molar-refractivity contribution is 0.284. The van der Waals surface area contributed by atoms with Gasteiger partial charge in [0.25, 0.3) is 0 Å². The summed E-state index contributed by atoms with van der Waals surface area (Å²) < 4.78 is 5.38. The zero-order valence-corrected chi connectivity index (χ0v) is 14.7. The van der Waals surface area contributed by atoms with Crippen molar-refractivity contribution in [2.45, 2.75) is 0 Å². The van der Waals surface area contributed by atoms with Gasteiger partial charge >= 0.3 is 0 Å². The van der Waals surface area contributed by atoms with E-state index >= 15 is 0 Å². The Bertz CT molecular complexity index is 694. The number of halogens is 1. The smallest absolute Gasteiger partial charge is 0.126 e. The standard InChI is InChI=1S/C20H23ClN2O/c1-24-20-10-3-2-6-17(20)7-5-11-22-12-14-23(15-13-22)19-9-4-8-18(21)16-19/h2-10,16H,11-15H2,1H3. The van der Waals surface area contributed by atoms with Gasteiger partial charge < -0.3 is 9.64 Å². The molecule has 24 heavy (non-hydrogen) atoms. The Morgan fingerprint density at radius 1 is 1.04 bits per heavy atom. The molecule has 0 radical (unpaired) electrons. The molecule has 1 aliphatic heterocycles. The van der Waals surface area contributed by atoms with Gasteiger partial charge in [0.1, 0.15) is 5.75 Å². The van der Waals surface area contributed by atoms with E-state index in [9.17, 15) is 0 Å². The molecule has 0 atom stereocenters. The van der Waals surface area contributed by atoms with Crippen LogP contribution >= 0.6 is 11.6 Å². The van der Waals surface area contributed by atoms with Crippen molar-refractivity contribution in [2.75, 3.05) is 44.7 Å². The monoisotopic (exact) mass is 342 g/mol. The second-order valence-electron chi connectivity index (χ2n) is 5.91. The lowest BCUT2D eigenvalue weighted by atomic mass is 10.2. The predicted molar refractivity (Wildman–Crippen MR) is 102 cm³/mol. The maximum atomic E-state index is 6.09. The first-order valence-electron chi connectivity index (χ1n) is 8.29. The highest BCUT2D eigenvalue weighted by atomic mass is 35.5. The summed E-state index contributed by atoms with van der Waals surface area (Å²) >= 11 is 6.09. The van der Waals surface area contributed by atoms with Crippen molar-refractivity contribution < 1.29 is 4.74 Å². The SMILES string of the molecule is COc1ccccc1C=CCN1CCN(c2cccc(Cl)c2)CC1. The number of hydrogen-bond donors (Lipinski definition) is 0. The van der Waals surface area contributed by atoms with Crippen LogP contribution in [0, 0.1) is 0 Å². The van der Waals surface area contributed by atoms with Crippen LogP contribution in [0.5, 0.6) is 5.75 Å². The molecule has 4 heteroatoms. The summed E-state index contributed by atoms with van der Waals surface area (Å²) in [7, 11) is 1.71. The molecule has 0 N–H and O–H groups in total. The average Bonchev–Trinajstić information content (AvgIpc) is 2.63. The topological polar surface area (TPSA) is 15.7 Å². The number of para-hydroxylation sites is 1. The molecule has 0 aliphatic carbocycles. The molecule has 1 aliphatic rings. The second-order valence-corrected chi connectivity index (χ2v) is 6.35. The molecule has 0 bridgehead atoms. The van der Waals surface area contributed by atoms with Gasteiger partial charge in [0.2, 0.25) is 0 Å². The van der Waals surface area contributed by atoms with Crippen LogP contribution < -0.4 is 9.64 Å². The first-order valence-corrected chi connectivity index (χ1v) is 8.66. The molecule has 1 heterocycles. The normalized spacial score (nSPS) is 15.8. The number of piperazine rings is 1. The number of anilines is 1.